The molecule has 23 heavy (non-hydrogen) atoms. The van der Waals surface area contributed by atoms with E-state index in [1.54, 1.807) is 4.90 Å². The number of nitrogens with one attached hydrogen (secondary N) is 1. The second-order valence-corrected chi connectivity index (χ2v) is 6.83. The Morgan fingerprint density at radius 2 is 2.09 bits per heavy atom. The summed E-state index contributed by atoms with van der Waals surface area (Å²) in [6.07, 6.45) is 2.75. The van der Waals surface area contributed by atoms with Gasteiger partial charge in [0, 0.05) is 19.5 Å². The Morgan fingerprint density at radius 3 is 2.70 bits per heavy atom. The average molecular weight is 316 g/mol. The van der Waals surface area contributed by atoms with Gasteiger partial charge in [0.05, 0.1) is 17.6 Å². The maximum Gasteiger partial charge on any atom is 0.225 e. The van der Waals surface area contributed by atoms with Crippen molar-refractivity contribution in [3.8, 4) is 0 Å². The van der Waals surface area contributed by atoms with Crippen molar-refractivity contribution in [2.24, 2.45) is 5.92 Å². The lowest BCUT2D eigenvalue weighted by molar-refractivity contribution is -0.130. The molecule has 2 amide bonds. The van der Waals surface area contributed by atoms with Gasteiger partial charge < -0.3 is 15.3 Å². The first kappa shape index (κ1) is 16.0. The van der Waals surface area contributed by atoms with E-state index in [4.69, 9.17) is 0 Å². The van der Waals surface area contributed by atoms with E-state index in [0.29, 0.717) is 13.1 Å². The summed E-state index contributed by atoms with van der Waals surface area (Å²) in [5.41, 5.74) is 0.348. The second-order valence-electron chi connectivity index (χ2n) is 6.83. The number of hydrogen-bond donors (Lipinski definition) is 2. The van der Waals surface area contributed by atoms with Gasteiger partial charge in [-0.15, -0.1) is 0 Å². The van der Waals surface area contributed by atoms with Crippen molar-refractivity contribution < 1.29 is 14.7 Å². The first-order valence-electron chi connectivity index (χ1n) is 8.33. The van der Waals surface area contributed by atoms with Gasteiger partial charge in [0.1, 0.15) is 0 Å². The summed E-state index contributed by atoms with van der Waals surface area (Å²) < 4.78 is 0. The number of carbonyl (C=O) groups excluding carboxylic acids is 2. The Balaban J connectivity index is 1.57. The number of nitrogens with zero attached hydrogens (tertiary/aromatic N) is 1. The third-order valence-corrected chi connectivity index (χ3v) is 5.15. The molecule has 124 valence electrons. The fourth-order valence-corrected chi connectivity index (χ4v) is 3.35. The lowest BCUT2D eigenvalue weighted by Gasteiger charge is -2.36. The highest BCUT2D eigenvalue weighted by Gasteiger charge is 2.39. The van der Waals surface area contributed by atoms with E-state index in [0.717, 1.165) is 24.8 Å². The summed E-state index contributed by atoms with van der Waals surface area (Å²) in [4.78, 5) is 26.3. The smallest absolute Gasteiger partial charge is 0.225 e. The second kappa shape index (κ2) is 6.32. The number of aliphatic hydroxyl groups is 1. The zero-order chi connectivity index (χ0) is 16.4. The Kier molecular flexibility index (Phi) is 4.39. The van der Waals surface area contributed by atoms with E-state index >= 15 is 0 Å². The third-order valence-electron chi connectivity index (χ3n) is 5.15. The van der Waals surface area contributed by atoms with Crippen LogP contribution in [0.2, 0.25) is 0 Å². The molecule has 0 aromatic heterocycles. The quantitative estimate of drug-likeness (QED) is 0.867. The molecule has 1 aliphatic heterocycles. The molecule has 0 spiro atoms. The number of benzene rings is 1. The molecule has 0 radical (unpaired) electrons. The number of carbonyl (C=O) groups is 2. The largest absolute Gasteiger partial charge is 0.388 e. The minimum absolute atomic E-state index is 0.0175. The molecule has 2 fully saturated rings. The third kappa shape index (κ3) is 3.39. The SMILES string of the molecule is CC(c1ccccc1)N1CC(C(=O)NCC2(O)CCC2)CC1=O. The van der Waals surface area contributed by atoms with Gasteiger partial charge in [0.15, 0.2) is 0 Å². The van der Waals surface area contributed by atoms with E-state index in [1.807, 2.05) is 37.3 Å². The molecule has 3 rings (SSSR count). The highest BCUT2D eigenvalue weighted by atomic mass is 16.3. The van der Waals surface area contributed by atoms with Crippen molar-refractivity contribution >= 4 is 11.8 Å². The van der Waals surface area contributed by atoms with Crippen LogP contribution in [-0.4, -0.2) is 40.5 Å². The van der Waals surface area contributed by atoms with E-state index in [2.05, 4.69) is 5.32 Å². The topological polar surface area (TPSA) is 69.6 Å². The molecule has 1 aliphatic carbocycles. The van der Waals surface area contributed by atoms with Gasteiger partial charge >= 0.3 is 0 Å². The monoisotopic (exact) mass is 316 g/mol. The van der Waals surface area contributed by atoms with Crippen molar-refractivity contribution in [3.05, 3.63) is 35.9 Å². The molecule has 5 nitrogen and oxygen atoms in total. The molecule has 1 saturated heterocycles. The van der Waals surface area contributed by atoms with Gasteiger partial charge in [0.25, 0.3) is 0 Å². The van der Waals surface area contributed by atoms with Crippen LogP contribution < -0.4 is 5.32 Å². The van der Waals surface area contributed by atoms with Crippen LogP contribution in [0, 0.1) is 5.92 Å². The van der Waals surface area contributed by atoms with Gasteiger partial charge in [0.2, 0.25) is 11.8 Å². The summed E-state index contributed by atoms with van der Waals surface area (Å²) >= 11 is 0. The van der Waals surface area contributed by atoms with Crippen molar-refractivity contribution in [2.75, 3.05) is 13.1 Å². The van der Waals surface area contributed by atoms with E-state index < -0.39 is 5.60 Å². The van der Waals surface area contributed by atoms with Crippen LogP contribution in [0.4, 0.5) is 0 Å². The molecule has 1 aromatic rings. The molecule has 1 heterocycles. The van der Waals surface area contributed by atoms with Gasteiger partial charge in [-0.1, -0.05) is 30.3 Å². The van der Waals surface area contributed by atoms with Crippen molar-refractivity contribution in [2.45, 2.75) is 44.2 Å². The Labute approximate surface area is 136 Å². The molecule has 2 N–H and O–H groups in total. The van der Waals surface area contributed by atoms with Crippen LogP contribution >= 0.6 is 0 Å². The zero-order valence-electron chi connectivity index (χ0n) is 13.5. The molecule has 2 unspecified atom stereocenters. The standard InChI is InChI=1S/C18H24N2O3/c1-13(14-6-3-2-4-7-14)20-11-15(10-16(20)21)17(22)19-12-18(23)8-5-9-18/h2-4,6-7,13,15,23H,5,8-12H2,1H3,(H,19,22). The van der Waals surface area contributed by atoms with Crippen molar-refractivity contribution in [1.29, 1.82) is 0 Å². The molecule has 5 heteroatoms. The number of likely N-dealkylation sites (tertiary alicyclic amines) is 1. The maximum atomic E-state index is 12.3. The Morgan fingerprint density at radius 1 is 1.39 bits per heavy atom. The minimum Gasteiger partial charge on any atom is -0.388 e. The number of rotatable bonds is 5. The van der Waals surface area contributed by atoms with Crippen molar-refractivity contribution in [3.63, 3.8) is 0 Å². The van der Waals surface area contributed by atoms with Gasteiger partial charge in [-0.2, -0.15) is 0 Å². The predicted molar refractivity (Wildman–Crippen MR) is 86.5 cm³/mol. The first-order chi connectivity index (χ1) is 11.0. The van der Waals surface area contributed by atoms with Crippen LogP contribution in [0.3, 0.4) is 0 Å². The summed E-state index contributed by atoms with van der Waals surface area (Å²) in [6.45, 7) is 2.73. The van der Waals surface area contributed by atoms with Crippen molar-refractivity contribution in [1.82, 2.24) is 10.2 Å². The zero-order valence-corrected chi connectivity index (χ0v) is 13.5. The van der Waals surface area contributed by atoms with Crippen LogP contribution in [0.15, 0.2) is 30.3 Å². The summed E-state index contributed by atoms with van der Waals surface area (Å²) in [7, 11) is 0. The van der Waals surface area contributed by atoms with E-state index in [1.165, 1.54) is 0 Å². The molecule has 2 aliphatic rings. The molecule has 0 bridgehead atoms. The van der Waals surface area contributed by atoms with Crippen LogP contribution in [0.1, 0.15) is 44.2 Å². The lowest BCUT2D eigenvalue weighted by atomic mass is 9.80. The van der Waals surface area contributed by atoms with Crippen LogP contribution in [0.25, 0.3) is 0 Å². The maximum absolute atomic E-state index is 12.3. The highest BCUT2D eigenvalue weighted by molar-refractivity contribution is 5.89. The average Bonchev–Trinajstić information content (AvgIpc) is 2.93. The summed E-state index contributed by atoms with van der Waals surface area (Å²) in [5.74, 6) is -0.428. The van der Waals surface area contributed by atoms with Gasteiger partial charge in [-0.3, -0.25) is 9.59 Å². The molecule has 1 aromatic carbocycles. The lowest BCUT2D eigenvalue weighted by Crippen LogP contribution is -2.49. The van der Waals surface area contributed by atoms with Crippen LogP contribution in [0.5, 0.6) is 0 Å². The minimum atomic E-state index is -0.727. The van der Waals surface area contributed by atoms with Gasteiger partial charge in [-0.25, -0.2) is 0 Å². The Hall–Kier alpha value is -1.88. The molecule has 1 saturated carbocycles. The molecular formula is C18H24N2O3. The first-order valence-corrected chi connectivity index (χ1v) is 8.33. The molecular weight excluding hydrogens is 292 g/mol. The van der Waals surface area contributed by atoms with E-state index in [9.17, 15) is 14.7 Å². The predicted octanol–water partition coefficient (Wildman–Crippen LogP) is 1.63. The number of amides is 2. The number of hydrogen-bond acceptors (Lipinski definition) is 3. The highest BCUT2D eigenvalue weighted by Crippen LogP contribution is 2.31. The normalized spacial score (nSPS) is 24.2. The van der Waals surface area contributed by atoms with Gasteiger partial charge in [-0.05, 0) is 31.7 Å². The van der Waals surface area contributed by atoms with E-state index in [-0.39, 0.29) is 30.2 Å². The molecule has 2 atom stereocenters. The van der Waals surface area contributed by atoms with Crippen LogP contribution in [-0.2, 0) is 9.59 Å². The summed E-state index contributed by atoms with van der Waals surface area (Å²) in [6, 6.07) is 9.82. The fourth-order valence-electron chi connectivity index (χ4n) is 3.35. The Bertz CT molecular complexity index is 583. The summed E-state index contributed by atoms with van der Waals surface area (Å²) in [5, 5.41) is 12.9. The fraction of sp³-hybridized carbons (Fsp3) is 0.556.